The van der Waals surface area contributed by atoms with Gasteiger partial charge in [-0.15, -0.1) is 0 Å². The lowest BCUT2D eigenvalue weighted by atomic mass is 9.90. The number of allylic oxidation sites excluding steroid dienone is 1. The summed E-state index contributed by atoms with van der Waals surface area (Å²) in [5, 5.41) is 0. The van der Waals surface area contributed by atoms with E-state index in [2.05, 4.69) is 18.7 Å². The Labute approximate surface area is 111 Å². The van der Waals surface area contributed by atoms with Gasteiger partial charge < -0.3 is 0 Å². The maximum Gasteiger partial charge on any atom is 0.123 e. The van der Waals surface area contributed by atoms with Crippen LogP contribution in [0.4, 0.5) is 0 Å². The second kappa shape index (κ2) is 5.25. The summed E-state index contributed by atoms with van der Waals surface area (Å²) in [4.78, 5) is 11.1. The van der Waals surface area contributed by atoms with Gasteiger partial charge in [-0.05, 0) is 52.7 Å². The summed E-state index contributed by atoms with van der Waals surface area (Å²) in [6, 6.07) is 8.12. The van der Waals surface area contributed by atoms with Gasteiger partial charge in [0.25, 0.3) is 0 Å². The molecule has 0 aromatic heterocycles. The maximum absolute atomic E-state index is 5.63. The first-order valence-corrected chi connectivity index (χ1v) is 6.26. The molecule has 0 amide bonds. The summed E-state index contributed by atoms with van der Waals surface area (Å²) >= 11 is 0. The summed E-state index contributed by atoms with van der Waals surface area (Å²) in [6.45, 7) is 15.9. The van der Waals surface area contributed by atoms with Gasteiger partial charge in [0.1, 0.15) is 5.60 Å². The van der Waals surface area contributed by atoms with Crippen molar-refractivity contribution in [3.05, 3.63) is 42.0 Å². The summed E-state index contributed by atoms with van der Waals surface area (Å²) < 4.78 is 0. The molecule has 100 valence electrons. The number of rotatable bonds is 4. The summed E-state index contributed by atoms with van der Waals surface area (Å²) in [5.41, 5.74) is 2.39. The zero-order valence-corrected chi connectivity index (χ0v) is 12.3. The number of benzene rings is 1. The van der Waals surface area contributed by atoms with Crippen molar-refractivity contribution in [2.45, 2.75) is 52.7 Å². The standard InChI is InChI=1S/C16H24O2/c1-12(2)13-10-8-9-11-14(13)16(6,7)18-17-15(3,4)5/h8-11H,1H2,2-7H3. The maximum atomic E-state index is 5.63. The van der Waals surface area contributed by atoms with Gasteiger partial charge in [-0.3, -0.25) is 0 Å². The van der Waals surface area contributed by atoms with Crippen molar-refractivity contribution in [1.82, 2.24) is 0 Å². The largest absolute Gasteiger partial charge is 0.230 e. The van der Waals surface area contributed by atoms with Gasteiger partial charge in [-0.2, -0.15) is 0 Å². The highest BCUT2D eigenvalue weighted by molar-refractivity contribution is 5.65. The van der Waals surface area contributed by atoms with E-state index in [0.29, 0.717) is 0 Å². The summed E-state index contributed by atoms with van der Waals surface area (Å²) in [5.74, 6) is 0. The molecule has 0 aliphatic rings. The van der Waals surface area contributed by atoms with Crippen LogP contribution >= 0.6 is 0 Å². The van der Waals surface area contributed by atoms with Crippen LogP contribution in [0.25, 0.3) is 5.57 Å². The van der Waals surface area contributed by atoms with Crippen molar-refractivity contribution in [2.75, 3.05) is 0 Å². The van der Waals surface area contributed by atoms with Crippen molar-refractivity contribution in [2.24, 2.45) is 0 Å². The predicted molar refractivity (Wildman–Crippen MR) is 76.1 cm³/mol. The molecular formula is C16H24O2. The highest BCUT2D eigenvalue weighted by atomic mass is 17.2. The van der Waals surface area contributed by atoms with Crippen LogP contribution in [0.15, 0.2) is 30.8 Å². The van der Waals surface area contributed by atoms with E-state index in [4.69, 9.17) is 9.78 Å². The molecule has 0 radical (unpaired) electrons. The smallest absolute Gasteiger partial charge is 0.123 e. The molecule has 1 aromatic carbocycles. The molecule has 1 rings (SSSR count). The Kier molecular flexibility index (Phi) is 4.36. The minimum atomic E-state index is -0.511. The van der Waals surface area contributed by atoms with E-state index in [0.717, 1.165) is 16.7 Å². The summed E-state index contributed by atoms with van der Waals surface area (Å²) in [6.07, 6.45) is 0. The topological polar surface area (TPSA) is 18.5 Å². The first-order valence-electron chi connectivity index (χ1n) is 6.26. The molecule has 2 heteroatoms. The molecule has 0 N–H and O–H groups in total. The third kappa shape index (κ3) is 3.97. The minimum absolute atomic E-state index is 0.324. The fourth-order valence-corrected chi connectivity index (χ4v) is 1.65. The van der Waals surface area contributed by atoms with E-state index < -0.39 is 5.60 Å². The number of hydrogen-bond donors (Lipinski definition) is 0. The van der Waals surface area contributed by atoms with E-state index in [1.807, 2.05) is 53.7 Å². The van der Waals surface area contributed by atoms with E-state index in [1.165, 1.54) is 0 Å². The Morgan fingerprint density at radius 2 is 1.56 bits per heavy atom. The van der Waals surface area contributed by atoms with Gasteiger partial charge in [0.15, 0.2) is 0 Å². The lowest BCUT2D eigenvalue weighted by Crippen LogP contribution is -2.29. The van der Waals surface area contributed by atoms with Gasteiger partial charge in [-0.25, -0.2) is 9.78 Å². The average molecular weight is 248 g/mol. The first kappa shape index (κ1) is 14.9. The Morgan fingerprint density at radius 3 is 2.06 bits per heavy atom. The second-order valence-corrected chi connectivity index (χ2v) is 6.12. The quantitative estimate of drug-likeness (QED) is 0.568. The highest BCUT2D eigenvalue weighted by Crippen LogP contribution is 2.32. The average Bonchev–Trinajstić information content (AvgIpc) is 2.26. The molecule has 0 saturated heterocycles. The van der Waals surface area contributed by atoms with E-state index in [9.17, 15) is 0 Å². The monoisotopic (exact) mass is 248 g/mol. The summed E-state index contributed by atoms with van der Waals surface area (Å²) in [7, 11) is 0. The Bertz CT molecular complexity index is 425. The normalized spacial score (nSPS) is 12.6. The fourth-order valence-electron chi connectivity index (χ4n) is 1.65. The van der Waals surface area contributed by atoms with Gasteiger partial charge in [0, 0.05) is 0 Å². The third-order valence-electron chi connectivity index (χ3n) is 2.54. The molecule has 0 bridgehead atoms. The molecule has 0 saturated carbocycles. The van der Waals surface area contributed by atoms with Crippen LogP contribution in [0, 0.1) is 0 Å². The molecule has 0 spiro atoms. The van der Waals surface area contributed by atoms with Crippen LogP contribution < -0.4 is 0 Å². The number of hydrogen-bond acceptors (Lipinski definition) is 2. The molecule has 1 aromatic rings. The van der Waals surface area contributed by atoms with Crippen LogP contribution in [0.3, 0.4) is 0 Å². The lowest BCUT2D eigenvalue weighted by Gasteiger charge is -2.30. The SMILES string of the molecule is C=C(C)c1ccccc1C(C)(C)OOC(C)(C)C. The molecule has 0 atom stereocenters. The van der Waals surface area contributed by atoms with Crippen molar-refractivity contribution in [3.8, 4) is 0 Å². The van der Waals surface area contributed by atoms with Crippen molar-refractivity contribution >= 4 is 5.57 Å². The third-order valence-corrected chi connectivity index (χ3v) is 2.54. The Balaban J connectivity index is 3.01. The van der Waals surface area contributed by atoms with E-state index in [1.54, 1.807) is 0 Å². The molecule has 0 unspecified atom stereocenters. The molecule has 0 aliphatic heterocycles. The van der Waals surface area contributed by atoms with Crippen molar-refractivity contribution in [1.29, 1.82) is 0 Å². The van der Waals surface area contributed by atoms with Crippen LogP contribution in [-0.2, 0) is 15.4 Å². The first-order chi connectivity index (χ1) is 8.13. The van der Waals surface area contributed by atoms with Crippen LogP contribution in [0.5, 0.6) is 0 Å². The fraction of sp³-hybridized carbons (Fsp3) is 0.500. The van der Waals surface area contributed by atoms with Crippen molar-refractivity contribution in [3.63, 3.8) is 0 Å². The van der Waals surface area contributed by atoms with E-state index >= 15 is 0 Å². The zero-order valence-electron chi connectivity index (χ0n) is 12.3. The zero-order chi connectivity index (χ0) is 14.0. The Hall–Kier alpha value is -1.12. The van der Waals surface area contributed by atoms with E-state index in [-0.39, 0.29) is 5.60 Å². The minimum Gasteiger partial charge on any atom is -0.230 e. The van der Waals surface area contributed by atoms with Crippen molar-refractivity contribution < 1.29 is 9.78 Å². The Morgan fingerprint density at radius 1 is 1.00 bits per heavy atom. The molecule has 0 aliphatic carbocycles. The van der Waals surface area contributed by atoms with Crippen LogP contribution in [0.2, 0.25) is 0 Å². The van der Waals surface area contributed by atoms with Gasteiger partial charge in [0.2, 0.25) is 0 Å². The molecule has 0 fully saturated rings. The molecule has 2 nitrogen and oxygen atoms in total. The van der Waals surface area contributed by atoms with Gasteiger partial charge >= 0.3 is 0 Å². The van der Waals surface area contributed by atoms with Gasteiger partial charge in [0.05, 0.1) is 5.60 Å². The molecular weight excluding hydrogens is 224 g/mol. The molecule has 0 heterocycles. The second-order valence-electron chi connectivity index (χ2n) is 6.12. The molecule has 18 heavy (non-hydrogen) atoms. The van der Waals surface area contributed by atoms with Crippen LogP contribution in [0.1, 0.15) is 52.7 Å². The van der Waals surface area contributed by atoms with Gasteiger partial charge in [-0.1, -0.05) is 36.4 Å². The predicted octanol–water partition coefficient (Wildman–Crippen LogP) is 4.70. The van der Waals surface area contributed by atoms with Crippen LogP contribution in [-0.4, -0.2) is 5.60 Å². The lowest BCUT2D eigenvalue weighted by molar-refractivity contribution is -0.401. The highest BCUT2D eigenvalue weighted by Gasteiger charge is 2.28.